The Bertz CT molecular complexity index is 496. The standard InChI is InChI=1S/C13H13F3O5/c1-8(17)21-10-4-2-9(3-5-10)6-11(12(18)19)20-7-13(14,15)16/h2-5,11H,6-7H2,1H3,(H,18,19). The van der Waals surface area contributed by atoms with Gasteiger partial charge >= 0.3 is 18.1 Å². The molecule has 1 atom stereocenters. The summed E-state index contributed by atoms with van der Waals surface area (Å²) in [5, 5.41) is 8.84. The molecule has 0 spiro atoms. The van der Waals surface area contributed by atoms with Gasteiger partial charge in [0.25, 0.3) is 0 Å². The molecule has 1 aromatic rings. The lowest BCUT2D eigenvalue weighted by Gasteiger charge is -2.15. The summed E-state index contributed by atoms with van der Waals surface area (Å²) in [4.78, 5) is 21.6. The summed E-state index contributed by atoms with van der Waals surface area (Å²) in [7, 11) is 0. The highest BCUT2D eigenvalue weighted by Crippen LogP contribution is 2.18. The summed E-state index contributed by atoms with van der Waals surface area (Å²) in [6, 6.07) is 5.73. The zero-order chi connectivity index (χ0) is 16.0. The van der Waals surface area contributed by atoms with Gasteiger partial charge in [0.2, 0.25) is 0 Å². The van der Waals surface area contributed by atoms with E-state index >= 15 is 0 Å². The van der Waals surface area contributed by atoms with Gasteiger partial charge < -0.3 is 14.6 Å². The van der Waals surface area contributed by atoms with E-state index in [4.69, 9.17) is 9.84 Å². The number of carbonyl (C=O) groups excluding carboxylic acids is 1. The number of alkyl halides is 3. The maximum Gasteiger partial charge on any atom is 0.411 e. The van der Waals surface area contributed by atoms with Crippen molar-refractivity contribution < 1.29 is 37.3 Å². The van der Waals surface area contributed by atoms with Gasteiger partial charge in [-0.3, -0.25) is 4.79 Å². The number of aliphatic carboxylic acids is 1. The molecule has 5 nitrogen and oxygen atoms in total. The summed E-state index contributed by atoms with van der Waals surface area (Å²) >= 11 is 0. The number of esters is 1. The molecule has 116 valence electrons. The summed E-state index contributed by atoms with van der Waals surface area (Å²) in [5.41, 5.74) is 0.445. The number of carboxylic acids is 1. The fourth-order valence-electron chi connectivity index (χ4n) is 1.49. The van der Waals surface area contributed by atoms with E-state index in [1.807, 2.05) is 0 Å². The van der Waals surface area contributed by atoms with Gasteiger partial charge in [0.05, 0.1) is 0 Å². The largest absolute Gasteiger partial charge is 0.479 e. The molecular weight excluding hydrogens is 293 g/mol. The fourth-order valence-corrected chi connectivity index (χ4v) is 1.49. The minimum absolute atomic E-state index is 0.230. The third-order valence-corrected chi connectivity index (χ3v) is 2.33. The number of halogens is 3. The molecule has 0 saturated heterocycles. The minimum Gasteiger partial charge on any atom is -0.479 e. The Morgan fingerprint density at radius 2 is 1.81 bits per heavy atom. The quantitative estimate of drug-likeness (QED) is 0.644. The molecule has 0 amide bonds. The van der Waals surface area contributed by atoms with E-state index in [9.17, 15) is 22.8 Å². The lowest BCUT2D eigenvalue weighted by Crippen LogP contribution is -2.31. The van der Waals surface area contributed by atoms with E-state index in [1.54, 1.807) is 0 Å². The number of benzene rings is 1. The van der Waals surface area contributed by atoms with E-state index < -0.39 is 30.8 Å². The van der Waals surface area contributed by atoms with Gasteiger partial charge in [-0.1, -0.05) is 12.1 Å². The number of hydrogen-bond donors (Lipinski definition) is 1. The van der Waals surface area contributed by atoms with Crippen molar-refractivity contribution in [3.63, 3.8) is 0 Å². The van der Waals surface area contributed by atoms with Gasteiger partial charge in [-0.2, -0.15) is 13.2 Å². The second-order valence-corrected chi connectivity index (χ2v) is 4.19. The normalized spacial score (nSPS) is 12.8. The molecule has 0 radical (unpaired) electrons. The second kappa shape index (κ2) is 7.07. The first-order valence-corrected chi connectivity index (χ1v) is 5.86. The topological polar surface area (TPSA) is 72.8 Å². The number of ether oxygens (including phenoxy) is 2. The van der Waals surface area contributed by atoms with Crippen LogP contribution in [0.25, 0.3) is 0 Å². The molecule has 1 aromatic carbocycles. The maximum atomic E-state index is 12.0. The zero-order valence-corrected chi connectivity index (χ0v) is 11.0. The third kappa shape index (κ3) is 6.75. The molecule has 8 heteroatoms. The molecule has 0 bridgehead atoms. The highest BCUT2D eigenvalue weighted by Gasteiger charge is 2.31. The first-order valence-electron chi connectivity index (χ1n) is 5.86. The molecular formula is C13H13F3O5. The van der Waals surface area contributed by atoms with Crippen LogP contribution in [0.15, 0.2) is 24.3 Å². The first-order chi connectivity index (χ1) is 9.67. The molecule has 0 aliphatic carbocycles. The predicted octanol–water partition coefficient (Wildman–Crippen LogP) is 2.19. The molecule has 0 fully saturated rings. The minimum atomic E-state index is -4.59. The van der Waals surface area contributed by atoms with Crippen LogP contribution in [0.5, 0.6) is 5.75 Å². The zero-order valence-electron chi connectivity index (χ0n) is 11.0. The van der Waals surface area contributed by atoms with Gasteiger partial charge in [0, 0.05) is 13.3 Å². The van der Waals surface area contributed by atoms with Crippen molar-refractivity contribution in [1.29, 1.82) is 0 Å². The molecule has 1 N–H and O–H groups in total. The molecule has 1 rings (SSSR count). The number of rotatable bonds is 6. The molecule has 21 heavy (non-hydrogen) atoms. The molecule has 0 aliphatic rings. The van der Waals surface area contributed by atoms with Gasteiger partial charge in [0.15, 0.2) is 6.10 Å². The maximum absolute atomic E-state index is 12.0. The van der Waals surface area contributed by atoms with E-state index in [2.05, 4.69) is 4.74 Å². The molecule has 0 heterocycles. The smallest absolute Gasteiger partial charge is 0.411 e. The molecule has 0 saturated carbocycles. The van der Waals surface area contributed by atoms with Crippen molar-refractivity contribution >= 4 is 11.9 Å². The van der Waals surface area contributed by atoms with Crippen LogP contribution in [-0.2, 0) is 20.7 Å². The monoisotopic (exact) mass is 306 g/mol. The lowest BCUT2D eigenvalue weighted by atomic mass is 10.1. The summed E-state index contributed by atoms with van der Waals surface area (Å²) < 4.78 is 45.2. The highest BCUT2D eigenvalue weighted by atomic mass is 19.4. The number of carbonyl (C=O) groups is 2. The van der Waals surface area contributed by atoms with E-state index in [0.29, 0.717) is 5.56 Å². The van der Waals surface area contributed by atoms with Crippen molar-refractivity contribution in [3.05, 3.63) is 29.8 Å². The van der Waals surface area contributed by atoms with Crippen LogP contribution in [0.4, 0.5) is 13.2 Å². The first kappa shape index (κ1) is 17.0. The van der Waals surface area contributed by atoms with Crippen molar-refractivity contribution in [2.45, 2.75) is 25.6 Å². The van der Waals surface area contributed by atoms with Crippen molar-refractivity contribution in [2.75, 3.05) is 6.61 Å². The number of carboxylic acid groups (broad SMARTS) is 1. The van der Waals surface area contributed by atoms with Crippen molar-refractivity contribution in [1.82, 2.24) is 0 Å². The van der Waals surface area contributed by atoms with E-state index in [0.717, 1.165) is 0 Å². The van der Waals surface area contributed by atoms with Crippen molar-refractivity contribution in [3.8, 4) is 5.75 Å². The van der Waals surface area contributed by atoms with Gasteiger partial charge in [-0.05, 0) is 17.7 Å². The second-order valence-electron chi connectivity index (χ2n) is 4.19. The Kier molecular flexibility index (Phi) is 5.71. The SMILES string of the molecule is CC(=O)Oc1ccc(CC(OCC(F)(F)F)C(=O)O)cc1. The summed E-state index contributed by atoms with van der Waals surface area (Å²) in [5.74, 6) is -1.74. The van der Waals surface area contributed by atoms with Crippen LogP contribution in [0.1, 0.15) is 12.5 Å². The van der Waals surface area contributed by atoms with Crippen LogP contribution < -0.4 is 4.74 Å². The fraction of sp³-hybridized carbons (Fsp3) is 0.385. The van der Waals surface area contributed by atoms with E-state index in [-0.39, 0.29) is 12.2 Å². The molecule has 1 unspecified atom stereocenters. The lowest BCUT2D eigenvalue weighted by molar-refractivity contribution is -0.192. The Labute approximate surface area is 118 Å². The average molecular weight is 306 g/mol. The Hall–Kier alpha value is -2.09. The van der Waals surface area contributed by atoms with Crippen LogP contribution >= 0.6 is 0 Å². The Morgan fingerprint density at radius 1 is 1.24 bits per heavy atom. The third-order valence-electron chi connectivity index (χ3n) is 2.33. The van der Waals surface area contributed by atoms with E-state index in [1.165, 1.54) is 31.2 Å². The van der Waals surface area contributed by atoms with Gasteiger partial charge in [-0.25, -0.2) is 4.79 Å². The number of hydrogen-bond acceptors (Lipinski definition) is 4. The van der Waals surface area contributed by atoms with Crippen LogP contribution in [0.3, 0.4) is 0 Å². The molecule has 0 aromatic heterocycles. The predicted molar refractivity (Wildman–Crippen MR) is 64.9 cm³/mol. The summed E-state index contributed by atoms with van der Waals surface area (Å²) in [6.45, 7) is -0.408. The van der Waals surface area contributed by atoms with Gasteiger partial charge in [0.1, 0.15) is 12.4 Å². The highest BCUT2D eigenvalue weighted by molar-refractivity contribution is 5.72. The Balaban J connectivity index is 2.66. The van der Waals surface area contributed by atoms with Crippen LogP contribution in [-0.4, -0.2) is 35.9 Å². The summed E-state index contributed by atoms with van der Waals surface area (Å²) in [6.07, 6.45) is -6.43. The average Bonchev–Trinajstić information content (AvgIpc) is 2.34. The van der Waals surface area contributed by atoms with Gasteiger partial charge in [-0.15, -0.1) is 0 Å². The molecule has 0 aliphatic heterocycles. The Morgan fingerprint density at radius 3 is 2.24 bits per heavy atom. The van der Waals surface area contributed by atoms with Crippen molar-refractivity contribution in [2.24, 2.45) is 0 Å². The van der Waals surface area contributed by atoms with Crippen LogP contribution in [0.2, 0.25) is 0 Å². The van der Waals surface area contributed by atoms with Crippen LogP contribution in [0, 0.1) is 0 Å².